The van der Waals surface area contributed by atoms with Gasteiger partial charge in [-0.05, 0) is 29.8 Å². The minimum Gasteiger partial charge on any atom is -0.493 e. The predicted octanol–water partition coefficient (Wildman–Crippen LogP) is 2.35. The van der Waals surface area contributed by atoms with Gasteiger partial charge in [-0.2, -0.15) is 9.37 Å². The number of methoxy groups -OCH3 is 1. The van der Waals surface area contributed by atoms with Crippen molar-refractivity contribution < 1.29 is 13.9 Å². The highest BCUT2D eigenvalue weighted by molar-refractivity contribution is 5.48. The molecule has 2 aromatic heterocycles. The first-order valence-electron chi connectivity index (χ1n) is 7.82. The van der Waals surface area contributed by atoms with Gasteiger partial charge in [-0.1, -0.05) is 6.07 Å². The monoisotopic (exact) mass is 355 g/mol. The molecule has 0 aliphatic heterocycles. The maximum absolute atomic E-state index is 12.8. The number of ether oxygens (including phenoxy) is 2. The molecule has 26 heavy (non-hydrogen) atoms. The van der Waals surface area contributed by atoms with Crippen LogP contribution in [0, 0.1) is 5.95 Å². The average molecular weight is 355 g/mol. The lowest BCUT2D eigenvalue weighted by Gasteiger charge is -2.13. The van der Waals surface area contributed by atoms with Crippen LogP contribution in [0.15, 0.2) is 42.7 Å². The molecule has 8 heteroatoms. The quantitative estimate of drug-likeness (QED) is 0.653. The molecule has 0 bridgehead atoms. The van der Waals surface area contributed by atoms with Crippen LogP contribution in [0.2, 0.25) is 0 Å². The highest BCUT2D eigenvalue weighted by atomic mass is 19.1. The van der Waals surface area contributed by atoms with Crippen LogP contribution in [0.25, 0.3) is 0 Å². The second kappa shape index (κ2) is 7.64. The van der Waals surface area contributed by atoms with Gasteiger partial charge in [0, 0.05) is 29.9 Å². The van der Waals surface area contributed by atoms with Gasteiger partial charge in [-0.15, -0.1) is 0 Å². The molecule has 0 radical (unpaired) electrons. The van der Waals surface area contributed by atoms with Crippen molar-refractivity contribution in [3.63, 3.8) is 0 Å². The summed E-state index contributed by atoms with van der Waals surface area (Å²) in [6, 6.07) is 8.47. The molecule has 0 amide bonds. The number of benzene rings is 1. The smallest absolute Gasteiger partial charge is 0.221 e. The van der Waals surface area contributed by atoms with E-state index in [9.17, 15) is 4.39 Å². The van der Waals surface area contributed by atoms with Gasteiger partial charge in [0.15, 0.2) is 11.5 Å². The summed E-state index contributed by atoms with van der Waals surface area (Å²) < 4.78 is 24.0. The van der Waals surface area contributed by atoms with E-state index in [1.165, 1.54) is 12.3 Å². The summed E-state index contributed by atoms with van der Waals surface area (Å²) in [5.41, 5.74) is 13.9. The average Bonchev–Trinajstić information content (AvgIpc) is 2.64. The summed E-state index contributed by atoms with van der Waals surface area (Å²) in [7, 11) is 1.56. The minimum absolute atomic E-state index is 0.142. The second-order valence-electron chi connectivity index (χ2n) is 5.58. The topological polar surface area (TPSA) is 109 Å². The summed E-state index contributed by atoms with van der Waals surface area (Å²) in [5.74, 6) is 1.11. The van der Waals surface area contributed by atoms with Crippen molar-refractivity contribution in [2.24, 2.45) is 0 Å². The zero-order chi connectivity index (χ0) is 18.5. The lowest BCUT2D eigenvalue weighted by molar-refractivity contribution is 0.283. The van der Waals surface area contributed by atoms with Crippen LogP contribution >= 0.6 is 0 Å². The molecule has 3 rings (SSSR count). The molecule has 3 aromatic rings. The Balaban J connectivity index is 1.73. The number of hydrogen-bond acceptors (Lipinski definition) is 7. The Morgan fingerprint density at radius 1 is 1.00 bits per heavy atom. The van der Waals surface area contributed by atoms with Crippen molar-refractivity contribution in [2.45, 2.75) is 13.0 Å². The lowest BCUT2D eigenvalue weighted by Crippen LogP contribution is -2.04. The molecular weight excluding hydrogens is 337 g/mol. The van der Waals surface area contributed by atoms with Gasteiger partial charge in [0.1, 0.15) is 12.4 Å². The molecule has 0 aliphatic rings. The first-order valence-corrected chi connectivity index (χ1v) is 7.82. The van der Waals surface area contributed by atoms with E-state index in [1.807, 2.05) is 12.1 Å². The van der Waals surface area contributed by atoms with Crippen LogP contribution in [0.1, 0.15) is 16.7 Å². The fraction of sp³-hybridized carbons (Fsp3) is 0.167. The molecule has 7 nitrogen and oxygen atoms in total. The number of halogens is 1. The van der Waals surface area contributed by atoms with Crippen molar-refractivity contribution in [1.82, 2.24) is 15.0 Å². The molecule has 0 aliphatic carbocycles. The molecule has 134 valence electrons. The molecular formula is C18H18FN5O2. The standard InChI is InChI=1S/C18H18FN5O2/c1-25-15-7-11(6-13-9-23-18(21)24-17(13)20)2-4-14(15)26-10-12-3-5-16(19)22-8-12/h2-5,7-9H,6,10H2,1H3,(H4,20,21,23,24). The molecule has 0 saturated carbocycles. The predicted molar refractivity (Wildman–Crippen MR) is 95.2 cm³/mol. The largest absolute Gasteiger partial charge is 0.493 e. The Labute approximate surface area is 149 Å². The zero-order valence-corrected chi connectivity index (χ0v) is 14.1. The number of anilines is 2. The van der Waals surface area contributed by atoms with Crippen LogP contribution in [-0.4, -0.2) is 22.1 Å². The van der Waals surface area contributed by atoms with Crippen LogP contribution in [0.4, 0.5) is 16.2 Å². The van der Waals surface area contributed by atoms with Gasteiger partial charge in [0.05, 0.1) is 7.11 Å². The fourth-order valence-corrected chi connectivity index (χ4v) is 2.38. The van der Waals surface area contributed by atoms with Crippen molar-refractivity contribution in [3.05, 3.63) is 65.4 Å². The number of nitrogens with two attached hydrogens (primary N) is 2. The van der Waals surface area contributed by atoms with Gasteiger partial charge in [-0.3, -0.25) is 0 Å². The van der Waals surface area contributed by atoms with E-state index in [0.717, 1.165) is 16.7 Å². The van der Waals surface area contributed by atoms with Crippen molar-refractivity contribution in [1.29, 1.82) is 0 Å². The third-order valence-corrected chi connectivity index (χ3v) is 3.72. The summed E-state index contributed by atoms with van der Waals surface area (Å²) in [4.78, 5) is 11.5. The van der Waals surface area contributed by atoms with E-state index in [0.29, 0.717) is 23.7 Å². The third kappa shape index (κ3) is 4.15. The molecule has 2 heterocycles. The Morgan fingerprint density at radius 2 is 1.81 bits per heavy atom. The number of nitrogen functional groups attached to an aromatic ring is 2. The van der Waals surface area contributed by atoms with E-state index in [1.54, 1.807) is 25.4 Å². The summed E-state index contributed by atoms with van der Waals surface area (Å²) in [6.07, 6.45) is 3.57. The van der Waals surface area contributed by atoms with Crippen LogP contribution in [-0.2, 0) is 13.0 Å². The van der Waals surface area contributed by atoms with E-state index in [4.69, 9.17) is 20.9 Å². The highest BCUT2D eigenvalue weighted by Gasteiger charge is 2.09. The van der Waals surface area contributed by atoms with Gasteiger partial charge in [0.25, 0.3) is 0 Å². The van der Waals surface area contributed by atoms with E-state index in [2.05, 4.69) is 15.0 Å². The lowest BCUT2D eigenvalue weighted by atomic mass is 10.1. The van der Waals surface area contributed by atoms with Crippen molar-refractivity contribution in [2.75, 3.05) is 18.6 Å². The molecule has 0 fully saturated rings. The Hall–Kier alpha value is -3.42. The zero-order valence-electron chi connectivity index (χ0n) is 14.1. The summed E-state index contributed by atoms with van der Waals surface area (Å²) in [6.45, 7) is 0.252. The second-order valence-corrected chi connectivity index (χ2v) is 5.58. The normalized spacial score (nSPS) is 10.5. The Morgan fingerprint density at radius 3 is 2.50 bits per heavy atom. The molecule has 4 N–H and O–H groups in total. The van der Waals surface area contributed by atoms with Crippen LogP contribution < -0.4 is 20.9 Å². The highest BCUT2D eigenvalue weighted by Crippen LogP contribution is 2.30. The summed E-state index contributed by atoms with van der Waals surface area (Å²) >= 11 is 0. The van der Waals surface area contributed by atoms with Gasteiger partial charge in [0.2, 0.25) is 11.9 Å². The maximum Gasteiger partial charge on any atom is 0.221 e. The van der Waals surface area contributed by atoms with Crippen LogP contribution in [0.3, 0.4) is 0 Å². The van der Waals surface area contributed by atoms with Crippen molar-refractivity contribution >= 4 is 11.8 Å². The number of nitrogens with zero attached hydrogens (tertiary/aromatic N) is 3. The number of pyridine rings is 1. The SMILES string of the molecule is COc1cc(Cc2cnc(N)nc2N)ccc1OCc1ccc(F)nc1. The Kier molecular flexibility index (Phi) is 5.12. The maximum atomic E-state index is 12.8. The summed E-state index contributed by atoms with van der Waals surface area (Å²) in [5, 5.41) is 0. The third-order valence-electron chi connectivity index (χ3n) is 3.72. The number of rotatable bonds is 6. The molecule has 0 unspecified atom stereocenters. The first-order chi connectivity index (χ1) is 12.5. The van der Waals surface area contributed by atoms with Gasteiger partial charge >= 0.3 is 0 Å². The molecule has 1 aromatic carbocycles. The minimum atomic E-state index is -0.526. The number of aromatic nitrogens is 3. The van der Waals surface area contributed by atoms with Gasteiger partial charge < -0.3 is 20.9 Å². The van der Waals surface area contributed by atoms with Crippen LogP contribution in [0.5, 0.6) is 11.5 Å². The molecule has 0 spiro atoms. The van der Waals surface area contributed by atoms with E-state index < -0.39 is 5.95 Å². The van der Waals surface area contributed by atoms with E-state index in [-0.39, 0.29) is 12.6 Å². The fourth-order valence-electron chi connectivity index (χ4n) is 2.38. The first kappa shape index (κ1) is 17.4. The van der Waals surface area contributed by atoms with Gasteiger partial charge in [-0.25, -0.2) is 9.97 Å². The van der Waals surface area contributed by atoms with E-state index >= 15 is 0 Å². The number of hydrogen-bond donors (Lipinski definition) is 2. The molecule has 0 atom stereocenters. The van der Waals surface area contributed by atoms with Crippen molar-refractivity contribution in [3.8, 4) is 11.5 Å². The Bertz CT molecular complexity index is 903. The molecule has 0 saturated heterocycles.